The van der Waals surface area contributed by atoms with Crippen LogP contribution in [0.5, 0.6) is 23.0 Å². The summed E-state index contributed by atoms with van der Waals surface area (Å²) < 4.78 is 39.8. The van der Waals surface area contributed by atoms with Crippen molar-refractivity contribution in [3.63, 3.8) is 0 Å². The van der Waals surface area contributed by atoms with Crippen molar-refractivity contribution in [3.05, 3.63) is 116 Å². The molecule has 2 aromatic carbocycles. The highest BCUT2D eigenvalue weighted by atomic mass is 16.6. The second-order valence-electron chi connectivity index (χ2n) is 15.8. The molecule has 0 aliphatic carbocycles. The fraction of sp³-hybridized carbons (Fsp3) is 0.455. The van der Waals surface area contributed by atoms with Crippen LogP contribution in [0.15, 0.2) is 82.4 Å². The van der Waals surface area contributed by atoms with E-state index >= 15 is 0 Å². The van der Waals surface area contributed by atoms with Crippen LogP contribution in [0.3, 0.4) is 0 Å². The van der Waals surface area contributed by atoms with Crippen LogP contribution >= 0.6 is 0 Å². The maximum absolute atomic E-state index is 13.8. The van der Waals surface area contributed by atoms with Crippen molar-refractivity contribution < 1.29 is 38.0 Å². The minimum Gasteiger partial charge on any atom is -0.487 e. The predicted octanol–water partition coefficient (Wildman–Crippen LogP) is 3.79. The molecular weight excluding hydrogens is 745 g/mol. The lowest BCUT2D eigenvalue weighted by Gasteiger charge is -2.42. The van der Waals surface area contributed by atoms with E-state index in [9.17, 15) is 19.2 Å². The molecule has 14 heteroatoms. The fourth-order valence-electron chi connectivity index (χ4n) is 9.28. The third-order valence-corrected chi connectivity index (χ3v) is 11.9. The SMILES string of the molecule is O=C(c1ccc2c(c1)OCCOCCOc1ccc(C(=O)N3C[C@H]4C[C@@H](C3)c3cccc(=O)n3C4)cc1OCCOCCO2)N1C[C@@H]2C[C@H](C1)c1cccc(=O)n1C2. The number of fused-ring (bicyclic) bond motifs is 10. The Bertz CT molecular complexity index is 2130. The first kappa shape index (κ1) is 37.9. The van der Waals surface area contributed by atoms with Gasteiger partial charge in [-0.2, -0.15) is 0 Å². The van der Waals surface area contributed by atoms with E-state index < -0.39 is 0 Å². The number of pyridine rings is 2. The summed E-state index contributed by atoms with van der Waals surface area (Å²) in [5, 5.41) is 0. The smallest absolute Gasteiger partial charge is 0.254 e. The number of carbonyl (C=O) groups is 2. The number of benzene rings is 2. The van der Waals surface area contributed by atoms with Crippen LogP contribution < -0.4 is 30.1 Å². The minimum atomic E-state index is -0.0835. The Balaban J connectivity index is 0.820. The Kier molecular flexibility index (Phi) is 10.9. The summed E-state index contributed by atoms with van der Waals surface area (Å²) in [7, 11) is 0. The second kappa shape index (κ2) is 16.7. The van der Waals surface area contributed by atoms with E-state index in [-0.39, 0.29) is 99.5 Å². The molecule has 5 aliphatic rings. The van der Waals surface area contributed by atoms with Crippen molar-refractivity contribution in [1.82, 2.24) is 18.9 Å². The molecule has 2 amide bonds. The molecule has 5 aliphatic heterocycles. The van der Waals surface area contributed by atoms with Crippen molar-refractivity contribution in [2.45, 2.75) is 37.8 Å². The molecule has 7 heterocycles. The summed E-state index contributed by atoms with van der Waals surface area (Å²) in [6.45, 7) is 5.53. The quantitative estimate of drug-likeness (QED) is 0.295. The molecule has 2 fully saturated rings. The van der Waals surface area contributed by atoms with Crippen molar-refractivity contribution in [3.8, 4) is 23.0 Å². The van der Waals surface area contributed by atoms with E-state index in [1.165, 1.54) is 0 Å². The second-order valence-corrected chi connectivity index (χ2v) is 15.8. The first-order valence-corrected chi connectivity index (χ1v) is 20.3. The summed E-state index contributed by atoms with van der Waals surface area (Å²) in [4.78, 5) is 56.4. The molecule has 2 aromatic heterocycles. The van der Waals surface area contributed by atoms with Crippen LogP contribution in [-0.2, 0) is 22.6 Å². The summed E-state index contributed by atoms with van der Waals surface area (Å²) in [6, 6.07) is 21.3. The number of carbonyl (C=O) groups excluding carboxylic acids is 2. The minimum absolute atomic E-state index is 0.0148. The molecule has 2 saturated heterocycles. The standard InChI is InChI=1S/C44H48N4O10/c49-41-5-1-3-35-33-19-29(25-47(35)41)23-45(27-33)43(51)31-7-9-37-39(21-31)57-17-13-53-12-16-56-38-10-8-32(22-40(38)58-18-14-54-11-15-55-37)44(52)46-24-30-20-34(28-46)36-4-2-6-42(50)48(36)26-30/h1-10,21-22,29-30,33-34H,11-20,23-28H2/t29-,30+,33+,34-. The number of aromatic nitrogens is 2. The number of likely N-dealkylation sites (tertiary alicyclic amines) is 2. The lowest BCUT2D eigenvalue weighted by molar-refractivity contribution is 0.0582. The number of nitrogens with zero attached hydrogens (tertiary/aromatic N) is 4. The Morgan fingerprint density at radius 2 is 0.879 bits per heavy atom. The zero-order valence-electron chi connectivity index (χ0n) is 32.4. The summed E-state index contributed by atoms with van der Waals surface area (Å²) in [5.41, 5.74) is 3.02. The monoisotopic (exact) mass is 792 g/mol. The number of hydrogen-bond donors (Lipinski definition) is 0. The largest absolute Gasteiger partial charge is 0.487 e. The number of ether oxygens (including phenoxy) is 6. The van der Waals surface area contributed by atoms with Gasteiger partial charge in [-0.05, 0) is 73.2 Å². The Morgan fingerprint density at radius 3 is 1.31 bits per heavy atom. The summed E-state index contributed by atoms with van der Waals surface area (Å²) in [6.07, 6.45) is 1.93. The lowest BCUT2D eigenvalue weighted by Crippen LogP contribution is -2.49. The number of hydrogen-bond acceptors (Lipinski definition) is 10. The molecule has 4 atom stereocenters. The zero-order chi connectivity index (χ0) is 39.6. The number of amides is 2. The van der Waals surface area contributed by atoms with Gasteiger partial charge in [0.15, 0.2) is 23.0 Å². The zero-order valence-corrected chi connectivity index (χ0v) is 32.4. The number of rotatable bonds is 2. The van der Waals surface area contributed by atoms with Gasteiger partial charge in [0.1, 0.15) is 26.4 Å². The normalized spacial score (nSPS) is 23.4. The van der Waals surface area contributed by atoms with Crippen LogP contribution in [0.25, 0.3) is 0 Å². The summed E-state index contributed by atoms with van der Waals surface area (Å²) >= 11 is 0. The van der Waals surface area contributed by atoms with E-state index in [2.05, 4.69) is 0 Å². The third-order valence-electron chi connectivity index (χ3n) is 11.9. The molecule has 58 heavy (non-hydrogen) atoms. The van der Waals surface area contributed by atoms with Crippen LogP contribution in [-0.4, -0.2) is 110 Å². The Labute approximate surface area is 335 Å². The van der Waals surface area contributed by atoms with Gasteiger partial charge in [0, 0.05) is 85.8 Å². The highest BCUT2D eigenvalue weighted by Crippen LogP contribution is 2.38. The molecule has 0 N–H and O–H groups in total. The van der Waals surface area contributed by atoms with Gasteiger partial charge in [-0.1, -0.05) is 12.1 Å². The van der Waals surface area contributed by atoms with Crippen molar-refractivity contribution in [1.29, 1.82) is 0 Å². The van der Waals surface area contributed by atoms with Crippen LogP contribution in [0.4, 0.5) is 0 Å². The van der Waals surface area contributed by atoms with Crippen LogP contribution in [0.2, 0.25) is 0 Å². The third kappa shape index (κ3) is 7.95. The van der Waals surface area contributed by atoms with Gasteiger partial charge in [-0.25, -0.2) is 0 Å². The molecule has 0 unspecified atom stereocenters. The molecule has 0 saturated carbocycles. The van der Waals surface area contributed by atoms with E-state index in [0.717, 1.165) is 24.2 Å². The van der Waals surface area contributed by atoms with Crippen LogP contribution in [0.1, 0.15) is 56.8 Å². The topological polar surface area (TPSA) is 140 Å². The van der Waals surface area contributed by atoms with Gasteiger partial charge < -0.3 is 47.4 Å². The fourth-order valence-corrected chi connectivity index (χ4v) is 9.28. The highest BCUT2D eigenvalue weighted by molar-refractivity contribution is 5.95. The van der Waals surface area contributed by atoms with Gasteiger partial charge in [0.25, 0.3) is 22.9 Å². The molecule has 0 radical (unpaired) electrons. The first-order valence-electron chi connectivity index (χ1n) is 20.3. The Morgan fingerprint density at radius 1 is 0.466 bits per heavy atom. The van der Waals surface area contributed by atoms with E-state index in [1.54, 1.807) is 60.7 Å². The first-order chi connectivity index (χ1) is 28.4. The average Bonchev–Trinajstić information content (AvgIpc) is 3.23. The maximum Gasteiger partial charge on any atom is 0.254 e. The highest BCUT2D eigenvalue weighted by Gasteiger charge is 2.38. The van der Waals surface area contributed by atoms with E-state index in [4.69, 9.17) is 28.4 Å². The molecule has 4 bridgehead atoms. The molecule has 14 nitrogen and oxygen atoms in total. The molecule has 4 aromatic rings. The van der Waals surface area contributed by atoms with Gasteiger partial charge in [0.2, 0.25) is 0 Å². The molecule has 9 rings (SSSR count). The van der Waals surface area contributed by atoms with E-state index in [1.807, 2.05) is 31.1 Å². The predicted molar refractivity (Wildman–Crippen MR) is 211 cm³/mol. The van der Waals surface area contributed by atoms with Gasteiger partial charge in [-0.3, -0.25) is 19.2 Å². The van der Waals surface area contributed by atoms with Crippen molar-refractivity contribution in [2.24, 2.45) is 11.8 Å². The van der Waals surface area contributed by atoms with Gasteiger partial charge in [-0.15, -0.1) is 0 Å². The molecule has 304 valence electrons. The lowest BCUT2D eigenvalue weighted by atomic mass is 9.83. The van der Waals surface area contributed by atoms with E-state index in [0.29, 0.717) is 73.4 Å². The molecular formula is C44H48N4O10. The van der Waals surface area contributed by atoms with Gasteiger partial charge in [0.05, 0.1) is 26.4 Å². The average molecular weight is 793 g/mol. The Hall–Kier alpha value is -5.60. The van der Waals surface area contributed by atoms with Crippen molar-refractivity contribution in [2.75, 3.05) is 79.0 Å². The number of piperidine rings is 2. The van der Waals surface area contributed by atoms with Crippen LogP contribution in [0, 0.1) is 11.8 Å². The van der Waals surface area contributed by atoms with Crippen molar-refractivity contribution >= 4 is 11.8 Å². The van der Waals surface area contributed by atoms with Gasteiger partial charge >= 0.3 is 0 Å². The molecule has 0 spiro atoms. The summed E-state index contributed by atoms with van der Waals surface area (Å²) in [5.74, 6) is 2.37. The maximum atomic E-state index is 13.8.